The largest absolute Gasteiger partial charge is 0.447 e. The molecule has 1 aromatic rings. The molecule has 0 aliphatic carbocycles. The van der Waals surface area contributed by atoms with E-state index in [0.717, 1.165) is 12.8 Å². The maximum Gasteiger partial charge on any atom is 0.415 e. The van der Waals surface area contributed by atoms with Crippen molar-refractivity contribution in [1.29, 1.82) is 0 Å². The molecule has 0 saturated carbocycles. The van der Waals surface area contributed by atoms with Gasteiger partial charge in [0.25, 0.3) is 0 Å². The zero-order valence-electron chi connectivity index (χ0n) is 12.4. The third-order valence-corrected chi connectivity index (χ3v) is 3.86. The van der Waals surface area contributed by atoms with Crippen LogP contribution >= 0.6 is 0 Å². The molecule has 2 aliphatic rings. The number of aromatic nitrogens is 2. The normalized spacial score (nSPS) is 21.3. The number of carbonyl (C=O) groups is 2. The van der Waals surface area contributed by atoms with E-state index in [2.05, 4.69) is 9.97 Å². The number of likely N-dealkylation sites (tertiary alicyclic amines) is 1. The molecule has 2 aliphatic heterocycles. The van der Waals surface area contributed by atoms with Gasteiger partial charge >= 0.3 is 6.09 Å². The first kappa shape index (κ1) is 14.7. The van der Waals surface area contributed by atoms with Crippen molar-refractivity contribution < 1.29 is 19.1 Å². The molecule has 0 radical (unpaired) electrons. The van der Waals surface area contributed by atoms with Crippen LogP contribution in [0.3, 0.4) is 0 Å². The molecule has 2 fully saturated rings. The van der Waals surface area contributed by atoms with Crippen molar-refractivity contribution in [2.75, 3.05) is 38.3 Å². The number of cyclic esters (lactones) is 1. The Bertz CT molecular complexity index is 580. The standard InChI is InChI=1S/C14H18N4O4/c1-21-9-13(19)17-4-2-3-11(17)10-7-15-8-12(16-10)18-5-6-22-14(18)20/h7-8,11H,2-6,9H2,1H3. The summed E-state index contributed by atoms with van der Waals surface area (Å²) in [7, 11) is 1.50. The first-order chi connectivity index (χ1) is 10.7. The molecule has 1 atom stereocenters. The van der Waals surface area contributed by atoms with Crippen LogP contribution in [0.4, 0.5) is 10.6 Å². The molecule has 8 nitrogen and oxygen atoms in total. The topological polar surface area (TPSA) is 84.9 Å². The van der Waals surface area contributed by atoms with Crippen molar-refractivity contribution in [3.63, 3.8) is 0 Å². The Hall–Kier alpha value is -2.22. The van der Waals surface area contributed by atoms with Crippen LogP contribution in [0.25, 0.3) is 0 Å². The fourth-order valence-corrected chi connectivity index (χ4v) is 2.84. The molecule has 2 saturated heterocycles. The number of anilines is 1. The molecule has 3 heterocycles. The van der Waals surface area contributed by atoms with Gasteiger partial charge in [0.15, 0.2) is 5.82 Å². The lowest BCUT2D eigenvalue weighted by atomic mass is 10.1. The number of rotatable bonds is 4. The summed E-state index contributed by atoms with van der Waals surface area (Å²) in [6.07, 6.45) is 4.51. The lowest BCUT2D eigenvalue weighted by Gasteiger charge is -2.24. The van der Waals surface area contributed by atoms with Gasteiger partial charge in [-0.2, -0.15) is 0 Å². The second kappa shape index (κ2) is 6.27. The summed E-state index contributed by atoms with van der Waals surface area (Å²) in [6, 6.07) is -0.117. The van der Waals surface area contributed by atoms with Gasteiger partial charge in [-0.25, -0.2) is 9.78 Å². The first-order valence-corrected chi connectivity index (χ1v) is 7.25. The van der Waals surface area contributed by atoms with E-state index in [4.69, 9.17) is 9.47 Å². The van der Waals surface area contributed by atoms with Crippen molar-refractivity contribution in [3.05, 3.63) is 18.1 Å². The van der Waals surface area contributed by atoms with E-state index in [9.17, 15) is 9.59 Å². The Morgan fingerprint density at radius 1 is 1.45 bits per heavy atom. The predicted molar refractivity (Wildman–Crippen MR) is 76.3 cm³/mol. The minimum absolute atomic E-state index is 0.0576. The molecule has 0 spiro atoms. The number of amides is 2. The quantitative estimate of drug-likeness (QED) is 0.816. The van der Waals surface area contributed by atoms with E-state index in [0.29, 0.717) is 31.2 Å². The molecule has 1 aromatic heterocycles. The third-order valence-electron chi connectivity index (χ3n) is 3.86. The number of methoxy groups -OCH3 is 1. The molecular formula is C14H18N4O4. The molecular weight excluding hydrogens is 288 g/mol. The SMILES string of the molecule is COCC(=O)N1CCCC1c1cncc(N2CCOC2=O)n1. The number of hydrogen-bond acceptors (Lipinski definition) is 6. The summed E-state index contributed by atoms with van der Waals surface area (Å²) in [5, 5.41) is 0. The third kappa shape index (κ3) is 2.74. The average Bonchev–Trinajstić information content (AvgIpc) is 3.16. The highest BCUT2D eigenvalue weighted by molar-refractivity contribution is 5.87. The van der Waals surface area contributed by atoms with Gasteiger partial charge < -0.3 is 14.4 Å². The van der Waals surface area contributed by atoms with Crippen LogP contribution in [0.5, 0.6) is 0 Å². The minimum Gasteiger partial charge on any atom is -0.447 e. The van der Waals surface area contributed by atoms with E-state index >= 15 is 0 Å². The highest BCUT2D eigenvalue weighted by Crippen LogP contribution is 2.31. The van der Waals surface area contributed by atoms with Crippen LogP contribution in [-0.2, 0) is 14.3 Å². The number of nitrogens with zero attached hydrogens (tertiary/aromatic N) is 4. The van der Waals surface area contributed by atoms with Gasteiger partial charge in [0.05, 0.1) is 30.7 Å². The van der Waals surface area contributed by atoms with E-state index in [-0.39, 0.29) is 18.6 Å². The van der Waals surface area contributed by atoms with Crippen molar-refractivity contribution in [1.82, 2.24) is 14.9 Å². The number of hydrogen-bond donors (Lipinski definition) is 0. The maximum absolute atomic E-state index is 12.1. The summed E-state index contributed by atoms with van der Waals surface area (Å²) in [5.74, 6) is 0.406. The van der Waals surface area contributed by atoms with Crippen molar-refractivity contribution in [3.8, 4) is 0 Å². The van der Waals surface area contributed by atoms with E-state index in [1.54, 1.807) is 11.1 Å². The van der Waals surface area contributed by atoms with E-state index in [1.165, 1.54) is 18.2 Å². The highest BCUT2D eigenvalue weighted by atomic mass is 16.6. The van der Waals surface area contributed by atoms with Gasteiger partial charge in [0, 0.05) is 13.7 Å². The van der Waals surface area contributed by atoms with Crippen molar-refractivity contribution >= 4 is 17.8 Å². The highest BCUT2D eigenvalue weighted by Gasteiger charge is 2.32. The summed E-state index contributed by atoms with van der Waals surface area (Å²) in [4.78, 5) is 35.6. The molecule has 2 amide bonds. The second-order valence-corrected chi connectivity index (χ2v) is 5.25. The Labute approximate surface area is 128 Å². The smallest absolute Gasteiger partial charge is 0.415 e. The molecule has 118 valence electrons. The summed E-state index contributed by atoms with van der Waals surface area (Å²) < 4.78 is 9.84. The fraction of sp³-hybridized carbons (Fsp3) is 0.571. The molecule has 0 aromatic carbocycles. The van der Waals surface area contributed by atoms with Crippen LogP contribution < -0.4 is 4.90 Å². The Balaban J connectivity index is 1.82. The second-order valence-electron chi connectivity index (χ2n) is 5.25. The maximum atomic E-state index is 12.1. The van der Waals surface area contributed by atoms with Crippen LogP contribution in [0, 0.1) is 0 Å². The van der Waals surface area contributed by atoms with Crippen LogP contribution in [0.15, 0.2) is 12.4 Å². The molecule has 1 unspecified atom stereocenters. The van der Waals surface area contributed by atoms with Crippen molar-refractivity contribution in [2.45, 2.75) is 18.9 Å². The number of carbonyl (C=O) groups excluding carboxylic acids is 2. The zero-order valence-corrected chi connectivity index (χ0v) is 12.4. The van der Waals surface area contributed by atoms with Gasteiger partial charge in [-0.05, 0) is 12.8 Å². The first-order valence-electron chi connectivity index (χ1n) is 7.25. The Morgan fingerprint density at radius 3 is 3.05 bits per heavy atom. The summed E-state index contributed by atoms with van der Waals surface area (Å²) >= 11 is 0. The Morgan fingerprint density at radius 2 is 2.32 bits per heavy atom. The number of ether oxygens (including phenoxy) is 2. The van der Waals surface area contributed by atoms with Crippen LogP contribution in [0.2, 0.25) is 0 Å². The molecule has 3 rings (SSSR count). The van der Waals surface area contributed by atoms with Gasteiger partial charge in [-0.1, -0.05) is 0 Å². The molecule has 0 N–H and O–H groups in total. The predicted octanol–water partition coefficient (Wildman–Crippen LogP) is 0.743. The van der Waals surface area contributed by atoms with E-state index in [1.807, 2.05) is 0 Å². The molecule has 0 bridgehead atoms. The van der Waals surface area contributed by atoms with Crippen molar-refractivity contribution in [2.24, 2.45) is 0 Å². The van der Waals surface area contributed by atoms with Gasteiger partial charge in [-0.3, -0.25) is 14.7 Å². The molecule has 8 heteroatoms. The fourth-order valence-electron chi connectivity index (χ4n) is 2.84. The lowest BCUT2D eigenvalue weighted by molar-refractivity contribution is -0.136. The van der Waals surface area contributed by atoms with Gasteiger partial charge in [0.2, 0.25) is 5.91 Å². The zero-order chi connectivity index (χ0) is 15.5. The van der Waals surface area contributed by atoms with Gasteiger partial charge in [-0.15, -0.1) is 0 Å². The van der Waals surface area contributed by atoms with Crippen LogP contribution in [0.1, 0.15) is 24.6 Å². The monoisotopic (exact) mass is 306 g/mol. The van der Waals surface area contributed by atoms with Crippen LogP contribution in [-0.4, -0.2) is 60.3 Å². The van der Waals surface area contributed by atoms with Gasteiger partial charge in [0.1, 0.15) is 13.2 Å². The average molecular weight is 306 g/mol. The lowest BCUT2D eigenvalue weighted by Crippen LogP contribution is -2.34. The minimum atomic E-state index is -0.412. The summed E-state index contributed by atoms with van der Waals surface area (Å²) in [6.45, 7) is 1.56. The van der Waals surface area contributed by atoms with E-state index < -0.39 is 6.09 Å². The summed E-state index contributed by atoms with van der Waals surface area (Å²) in [5.41, 5.74) is 0.694. The Kier molecular flexibility index (Phi) is 4.19. The molecule has 22 heavy (non-hydrogen) atoms.